The highest BCUT2D eigenvalue weighted by molar-refractivity contribution is 5.97. The van der Waals surface area contributed by atoms with Crippen molar-refractivity contribution in [2.45, 2.75) is 26.7 Å². The molecule has 1 aromatic rings. The van der Waals surface area contributed by atoms with Crippen molar-refractivity contribution in [2.75, 3.05) is 33.4 Å². The fourth-order valence-electron chi connectivity index (χ4n) is 2.69. The first-order valence-electron chi connectivity index (χ1n) is 7.43. The van der Waals surface area contributed by atoms with Crippen molar-refractivity contribution in [3.8, 4) is 0 Å². The molecular weight excluding hydrogens is 250 g/mol. The molecule has 0 spiro atoms. The lowest BCUT2D eigenvalue weighted by atomic mass is 9.99. The highest BCUT2D eigenvalue weighted by Gasteiger charge is 2.17. The molecule has 1 aliphatic rings. The van der Waals surface area contributed by atoms with E-state index >= 15 is 0 Å². The summed E-state index contributed by atoms with van der Waals surface area (Å²) in [7, 11) is 2.04. The lowest BCUT2D eigenvalue weighted by molar-refractivity contribution is 0.0549. The zero-order valence-corrected chi connectivity index (χ0v) is 12.8. The molecule has 0 bridgehead atoms. The van der Waals surface area contributed by atoms with Crippen LogP contribution >= 0.6 is 0 Å². The van der Waals surface area contributed by atoms with Crippen LogP contribution in [0.4, 0.5) is 0 Å². The second-order valence-electron chi connectivity index (χ2n) is 5.97. The topological polar surface area (TPSA) is 29.5 Å². The number of ketones is 1. The molecule has 3 heteroatoms. The number of aryl methyl sites for hydroxylation is 2. The molecule has 110 valence electrons. The van der Waals surface area contributed by atoms with E-state index in [2.05, 4.69) is 18.7 Å². The summed E-state index contributed by atoms with van der Waals surface area (Å²) in [6.45, 7) is 7.34. The molecule has 0 radical (unpaired) electrons. The number of rotatable bonds is 5. The number of Topliss-reactive ketones (excluding diaryl/α,β-unsaturated/α-hetero) is 1. The van der Waals surface area contributed by atoms with Crippen LogP contribution in [-0.2, 0) is 4.74 Å². The molecule has 3 nitrogen and oxygen atoms in total. The summed E-state index contributed by atoms with van der Waals surface area (Å²) in [6, 6.07) is 5.97. The molecule has 1 saturated heterocycles. The molecule has 0 amide bonds. The largest absolute Gasteiger partial charge is 0.381 e. The van der Waals surface area contributed by atoms with Crippen molar-refractivity contribution in [3.63, 3.8) is 0 Å². The maximum atomic E-state index is 12.3. The quantitative estimate of drug-likeness (QED) is 0.774. The van der Waals surface area contributed by atoms with Crippen molar-refractivity contribution < 1.29 is 9.53 Å². The van der Waals surface area contributed by atoms with Gasteiger partial charge in [0.05, 0.1) is 6.54 Å². The molecule has 1 heterocycles. The number of hydrogen-bond donors (Lipinski definition) is 0. The van der Waals surface area contributed by atoms with Crippen LogP contribution in [0.25, 0.3) is 0 Å². The van der Waals surface area contributed by atoms with Gasteiger partial charge in [0.1, 0.15) is 0 Å². The normalized spacial score (nSPS) is 16.6. The van der Waals surface area contributed by atoms with Crippen LogP contribution in [0.5, 0.6) is 0 Å². The van der Waals surface area contributed by atoms with E-state index in [0.29, 0.717) is 12.5 Å². The molecule has 0 unspecified atom stereocenters. The van der Waals surface area contributed by atoms with Gasteiger partial charge in [-0.25, -0.2) is 0 Å². The highest BCUT2D eigenvalue weighted by Crippen LogP contribution is 2.16. The Morgan fingerprint density at radius 3 is 2.60 bits per heavy atom. The molecule has 0 saturated carbocycles. The van der Waals surface area contributed by atoms with Gasteiger partial charge in [-0.05, 0) is 56.8 Å². The van der Waals surface area contributed by atoms with Crippen molar-refractivity contribution in [1.82, 2.24) is 4.90 Å². The Kier molecular flexibility index (Phi) is 5.32. The molecule has 1 aromatic carbocycles. The summed E-state index contributed by atoms with van der Waals surface area (Å²) < 4.78 is 5.37. The zero-order chi connectivity index (χ0) is 14.5. The van der Waals surface area contributed by atoms with Crippen molar-refractivity contribution in [1.29, 1.82) is 0 Å². The number of ether oxygens (including phenoxy) is 1. The Morgan fingerprint density at radius 2 is 1.95 bits per heavy atom. The fraction of sp³-hybridized carbons (Fsp3) is 0.588. The summed E-state index contributed by atoms with van der Waals surface area (Å²) in [6.07, 6.45) is 2.23. The van der Waals surface area contributed by atoms with E-state index in [1.54, 1.807) is 0 Å². The van der Waals surface area contributed by atoms with Crippen molar-refractivity contribution in [3.05, 3.63) is 34.9 Å². The summed E-state index contributed by atoms with van der Waals surface area (Å²) in [5.74, 6) is 0.879. The number of hydrogen-bond acceptors (Lipinski definition) is 3. The number of benzene rings is 1. The Morgan fingerprint density at radius 1 is 1.25 bits per heavy atom. The van der Waals surface area contributed by atoms with Crippen LogP contribution in [0.2, 0.25) is 0 Å². The van der Waals surface area contributed by atoms with Crippen LogP contribution < -0.4 is 0 Å². The second-order valence-corrected chi connectivity index (χ2v) is 5.97. The summed E-state index contributed by atoms with van der Waals surface area (Å²) >= 11 is 0. The van der Waals surface area contributed by atoms with E-state index in [9.17, 15) is 4.79 Å². The van der Waals surface area contributed by atoms with Crippen molar-refractivity contribution in [2.24, 2.45) is 5.92 Å². The Bertz CT molecular complexity index is 464. The van der Waals surface area contributed by atoms with Gasteiger partial charge in [-0.1, -0.05) is 12.1 Å². The minimum Gasteiger partial charge on any atom is -0.381 e. The SMILES string of the molecule is Cc1ccc(C(=O)CN(C)CC2CCOCC2)cc1C. The van der Waals surface area contributed by atoms with E-state index in [1.807, 2.05) is 25.2 Å². The average molecular weight is 275 g/mol. The maximum Gasteiger partial charge on any atom is 0.176 e. The summed E-state index contributed by atoms with van der Waals surface area (Å²) in [4.78, 5) is 14.4. The summed E-state index contributed by atoms with van der Waals surface area (Å²) in [5, 5.41) is 0. The van der Waals surface area contributed by atoms with Crippen LogP contribution in [0, 0.1) is 19.8 Å². The van der Waals surface area contributed by atoms with Crippen LogP contribution in [0.1, 0.15) is 34.3 Å². The van der Waals surface area contributed by atoms with E-state index in [1.165, 1.54) is 11.1 Å². The van der Waals surface area contributed by atoms with Crippen LogP contribution in [0.15, 0.2) is 18.2 Å². The van der Waals surface area contributed by atoms with Gasteiger partial charge in [0.25, 0.3) is 0 Å². The smallest absolute Gasteiger partial charge is 0.176 e. The Hall–Kier alpha value is -1.19. The first-order chi connectivity index (χ1) is 9.56. The van der Waals surface area contributed by atoms with Crippen LogP contribution in [-0.4, -0.2) is 44.0 Å². The Balaban J connectivity index is 1.87. The molecule has 0 atom stereocenters. The fourth-order valence-corrected chi connectivity index (χ4v) is 2.69. The number of nitrogens with zero attached hydrogens (tertiary/aromatic N) is 1. The van der Waals surface area contributed by atoms with E-state index in [0.717, 1.165) is 38.2 Å². The lowest BCUT2D eigenvalue weighted by Crippen LogP contribution is -2.33. The third kappa shape index (κ3) is 4.15. The van der Waals surface area contributed by atoms with E-state index in [4.69, 9.17) is 4.74 Å². The maximum absolute atomic E-state index is 12.3. The predicted octanol–water partition coefficient (Wildman–Crippen LogP) is 2.84. The first kappa shape index (κ1) is 15.2. The predicted molar refractivity (Wildman–Crippen MR) is 81.3 cm³/mol. The van der Waals surface area contributed by atoms with Gasteiger partial charge in [0.2, 0.25) is 0 Å². The molecule has 0 N–H and O–H groups in total. The highest BCUT2D eigenvalue weighted by atomic mass is 16.5. The third-order valence-electron chi connectivity index (χ3n) is 4.15. The molecular formula is C17H25NO2. The van der Waals surface area contributed by atoms with Gasteiger partial charge in [-0.2, -0.15) is 0 Å². The van der Waals surface area contributed by atoms with Crippen LogP contribution in [0.3, 0.4) is 0 Å². The molecule has 20 heavy (non-hydrogen) atoms. The van der Waals surface area contributed by atoms with Crippen molar-refractivity contribution >= 4 is 5.78 Å². The second kappa shape index (κ2) is 7.00. The van der Waals surface area contributed by atoms with Gasteiger partial charge >= 0.3 is 0 Å². The van der Waals surface area contributed by atoms with Gasteiger partial charge in [0.15, 0.2) is 5.78 Å². The van der Waals surface area contributed by atoms with Gasteiger partial charge in [-0.15, -0.1) is 0 Å². The van der Waals surface area contributed by atoms with E-state index < -0.39 is 0 Å². The monoisotopic (exact) mass is 275 g/mol. The summed E-state index contributed by atoms with van der Waals surface area (Å²) in [5.41, 5.74) is 3.24. The Labute approximate surface area is 121 Å². The molecule has 0 aliphatic carbocycles. The molecule has 1 fully saturated rings. The van der Waals surface area contributed by atoms with E-state index in [-0.39, 0.29) is 5.78 Å². The number of carbonyl (C=O) groups excluding carboxylic acids is 1. The van der Waals surface area contributed by atoms with Gasteiger partial charge in [-0.3, -0.25) is 9.69 Å². The molecule has 1 aliphatic heterocycles. The molecule has 2 rings (SSSR count). The standard InChI is InChI=1S/C17H25NO2/c1-13-4-5-16(10-14(13)2)17(19)12-18(3)11-15-6-8-20-9-7-15/h4-5,10,15H,6-9,11-12H2,1-3H3. The van der Waals surface area contributed by atoms with Gasteiger partial charge < -0.3 is 4.74 Å². The minimum atomic E-state index is 0.211. The third-order valence-corrected chi connectivity index (χ3v) is 4.15. The number of carbonyl (C=O) groups is 1. The minimum absolute atomic E-state index is 0.211. The molecule has 0 aromatic heterocycles. The number of likely N-dealkylation sites (N-methyl/N-ethyl adjacent to an activating group) is 1. The first-order valence-corrected chi connectivity index (χ1v) is 7.43. The van der Waals surface area contributed by atoms with Gasteiger partial charge in [0, 0.05) is 25.3 Å². The average Bonchev–Trinajstić information content (AvgIpc) is 2.42. The lowest BCUT2D eigenvalue weighted by Gasteiger charge is -2.26. The zero-order valence-electron chi connectivity index (χ0n) is 12.8.